The molecule has 132 valence electrons. The van der Waals surface area contributed by atoms with Crippen LogP contribution in [0.4, 0.5) is 10.1 Å². The monoisotopic (exact) mass is 352 g/mol. The van der Waals surface area contributed by atoms with Crippen LogP contribution >= 0.6 is 0 Å². The zero-order valence-corrected chi connectivity index (χ0v) is 14.0. The van der Waals surface area contributed by atoms with Gasteiger partial charge in [0.15, 0.2) is 0 Å². The smallest absolute Gasteiger partial charge is 0.228 e. The average Bonchev–Trinajstić information content (AvgIpc) is 3.04. The molecule has 4 rings (SSSR count). The highest BCUT2D eigenvalue weighted by molar-refractivity contribution is 6.01. The van der Waals surface area contributed by atoms with E-state index in [4.69, 9.17) is 0 Å². The molecule has 3 N–H and O–H groups in total. The number of carbonyl (C=O) groups excluding carboxylic acids is 2. The van der Waals surface area contributed by atoms with Crippen LogP contribution in [0.1, 0.15) is 36.7 Å². The molecule has 2 aromatic carbocycles. The van der Waals surface area contributed by atoms with E-state index in [2.05, 4.69) is 20.6 Å². The van der Waals surface area contributed by atoms with Gasteiger partial charge in [-0.1, -0.05) is 18.2 Å². The number of halogens is 1. The minimum absolute atomic E-state index is 0.0251. The Balaban J connectivity index is 1.57. The van der Waals surface area contributed by atoms with Gasteiger partial charge in [-0.05, 0) is 36.8 Å². The van der Waals surface area contributed by atoms with E-state index in [0.29, 0.717) is 17.1 Å². The molecule has 0 radical (unpaired) electrons. The molecule has 0 saturated heterocycles. The summed E-state index contributed by atoms with van der Waals surface area (Å²) >= 11 is 0. The number of rotatable bonds is 3. The van der Waals surface area contributed by atoms with Crippen LogP contribution in [-0.2, 0) is 9.59 Å². The summed E-state index contributed by atoms with van der Waals surface area (Å²) in [4.78, 5) is 32.3. The molecule has 0 aliphatic carbocycles. The number of amides is 2. The molecule has 1 aromatic heterocycles. The number of nitrogens with one attached hydrogen (secondary N) is 3. The Hall–Kier alpha value is -3.22. The molecular weight excluding hydrogens is 335 g/mol. The van der Waals surface area contributed by atoms with Gasteiger partial charge in [-0.25, -0.2) is 9.37 Å². The van der Waals surface area contributed by atoms with E-state index < -0.39 is 11.7 Å². The molecule has 2 amide bonds. The lowest BCUT2D eigenvalue weighted by Gasteiger charge is -2.26. The van der Waals surface area contributed by atoms with E-state index >= 15 is 0 Å². The molecule has 26 heavy (non-hydrogen) atoms. The molecule has 2 heterocycles. The van der Waals surface area contributed by atoms with Crippen molar-refractivity contribution in [2.45, 2.75) is 25.3 Å². The van der Waals surface area contributed by atoms with Crippen LogP contribution in [0, 0.1) is 5.82 Å². The number of imidazole rings is 1. The standard InChI is InChI=1S/C19H17FN4O2/c1-10(18-23-14-4-2-3-5-15(14)24-18)21-19(26)13-9-17(25)22-16-8-11(20)6-7-12(13)16/h2-8,10,13H,9H2,1H3,(H,21,26)(H,22,25)(H,23,24)/t10-,13+/m1/s1. The second kappa shape index (κ2) is 6.25. The van der Waals surface area contributed by atoms with E-state index in [1.807, 2.05) is 31.2 Å². The van der Waals surface area contributed by atoms with Gasteiger partial charge in [0.25, 0.3) is 0 Å². The van der Waals surface area contributed by atoms with Crippen molar-refractivity contribution in [3.63, 3.8) is 0 Å². The molecule has 6 nitrogen and oxygen atoms in total. The number of aromatic nitrogens is 2. The van der Waals surface area contributed by atoms with E-state index in [9.17, 15) is 14.0 Å². The Bertz CT molecular complexity index is 981. The summed E-state index contributed by atoms with van der Waals surface area (Å²) in [7, 11) is 0. The largest absolute Gasteiger partial charge is 0.346 e. The van der Waals surface area contributed by atoms with Gasteiger partial charge >= 0.3 is 0 Å². The van der Waals surface area contributed by atoms with Crippen LogP contribution in [0.5, 0.6) is 0 Å². The molecule has 0 bridgehead atoms. The fraction of sp³-hybridized carbons (Fsp3) is 0.211. The zero-order valence-electron chi connectivity index (χ0n) is 14.0. The van der Waals surface area contributed by atoms with Gasteiger partial charge in [-0.2, -0.15) is 0 Å². The Morgan fingerprint density at radius 1 is 1.31 bits per heavy atom. The van der Waals surface area contributed by atoms with Gasteiger partial charge in [-0.3, -0.25) is 9.59 Å². The van der Waals surface area contributed by atoms with Crippen molar-refractivity contribution in [3.8, 4) is 0 Å². The topological polar surface area (TPSA) is 86.9 Å². The van der Waals surface area contributed by atoms with Crippen molar-refractivity contribution in [1.29, 1.82) is 0 Å². The minimum atomic E-state index is -0.661. The Morgan fingerprint density at radius 3 is 2.92 bits per heavy atom. The van der Waals surface area contributed by atoms with Gasteiger partial charge < -0.3 is 15.6 Å². The van der Waals surface area contributed by atoms with Crippen LogP contribution in [0.2, 0.25) is 0 Å². The number of aromatic amines is 1. The first kappa shape index (κ1) is 16.3. The van der Waals surface area contributed by atoms with E-state index in [0.717, 1.165) is 11.0 Å². The highest BCUT2D eigenvalue weighted by Gasteiger charge is 2.32. The van der Waals surface area contributed by atoms with Gasteiger partial charge in [0.1, 0.15) is 11.6 Å². The maximum Gasteiger partial charge on any atom is 0.228 e. The third-order valence-electron chi connectivity index (χ3n) is 4.55. The molecule has 0 unspecified atom stereocenters. The van der Waals surface area contributed by atoms with Crippen molar-refractivity contribution >= 4 is 28.5 Å². The summed E-state index contributed by atoms with van der Waals surface area (Å²) in [5.74, 6) is -1.08. The Morgan fingerprint density at radius 2 is 2.12 bits per heavy atom. The first-order chi connectivity index (χ1) is 12.5. The maximum absolute atomic E-state index is 13.4. The molecule has 2 atom stereocenters. The van der Waals surface area contributed by atoms with Crippen LogP contribution < -0.4 is 10.6 Å². The van der Waals surface area contributed by atoms with Crippen molar-refractivity contribution in [3.05, 3.63) is 59.7 Å². The average molecular weight is 352 g/mol. The third kappa shape index (κ3) is 2.92. The van der Waals surface area contributed by atoms with E-state index in [1.54, 1.807) is 6.07 Å². The van der Waals surface area contributed by atoms with Gasteiger partial charge in [0, 0.05) is 12.1 Å². The summed E-state index contributed by atoms with van der Waals surface area (Å²) in [5, 5.41) is 5.51. The number of hydrogen-bond donors (Lipinski definition) is 3. The highest BCUT2D eigenvalue weighted by atomic mass is 19.1. The van der Waals surface area contributed by atoms with Gasteiger partial charge in [-0.15, -0.1) is 0 Å². The van der Waals surface area contributed by atoms with Crippen LogP contribution in [-0.4, -0.2) is 21.8 Å². The number of benzene rings is 2. The number of H-pyrrole nitrogens is 1. The van der Waals surface area contributed by atoms with Crippen LogP contribution in [0.25, 0.3) is 11.0 Å². The highest BCUT2D eigenvalue weighted by Crippen LogP contribution is 2.33. The second-order valence-electron chi connectivity index (χ2n) is 6.41. The number of fused-ring (bicyclic) bond motifs is 2. The van der Waals surface area contributed by atoms with Crippen LogP contribution in [0.3, 0.4) is 0 Å². The van der Waals surface area contributed by atoms with Crippen molar-refractivity contribution < 1.29 is 14.0 Å². The van der Waals surface area contributed by atoms with E-state index in [-0.39, 0.29) is 24.3 Å². The zero-order chi connectivity index (χ0) is 18.3. The number of para-hydroxylation sites is 2. The normalized spacial score (nSPS) is 17.5. The van der Waals surface area contributed by atoms with Crippen LogP contribution in [0.15, 0.2) is 42.5 Å². The Labute approximate surface area is 148 Å². The summed E-state index contributed by atoms with van der Waals surface area (Å²) in [5.41, 5.74) is 2.67. The van der Waals surface area contributed by atoms with Gasteiger partial charge in [0.05, 0.1) is 23.0 Å². The quantitative estimate of drug-likeness (QED) is 0.677. The van der Waals surface area contributed by atoms with Crippen molar-refractivity contribution in [2.24, 2.45) is 0 Å². The molecule has 1 aliphatic heterocycles. The minimum Gasteiger partial charge on any atom is -0.346 e. The Kier molecular flexibility index (Phi) is 3.91. The fourth-order valence-corrected chi connectivity index (χ4v) is 3.23. The molecule has 0 fully saturated rings. The number of nitrogens with zero attached hydrogens (tertiary/aromatic N) is 1. The lowest BCUT2D eigenvalue weighted by Crippen LogP contribution is -2.36. The number of carbonyl (C=O) groups is 2. The summed E-state index contributed by atoms with van der Waals surface area (Å²) in [6.07, 6.45) is 0.0251. The molecule has 0 spiro atoms. The molecule has 7 heteroatoms. The molecule has 0 saturated carbocycles. The first-order valence-electron chi connectivity index (χ1n) is 8.35. The second-order valence-corrected chi connectivity index (χ2v) is 6.41. The number of hydrogen-bond acceptors (Lipinski definition) is 3. The number of anilines is 1. The maximum atomic E-state index is 13.4. The molecular formula is C19H17FN4O2. The van der Waals surface area contributed by atoms with E-state index in [1.165, 1.54) is 12.1 Å². The summed E-state index contributed by atoms with van der Waals surface area (Å²) in [6.45, 7) is 1.82. The predicted octanol–water partition coefficient (Wildman–Crippen LogP) is 3.01. The predicted molar refractivity (Wildman–Crippen MR) is 95.0 cm³/mol. The van der Waals surface area contributed by atoms with Gasteiger partial charge in [0.2, 0.25) is 11.8 Å². The fourth-order valence-electron chi connectivity index (χ4n) is 3.23. The van der Waals surface area contributed by atoms with Crippen molar-refractivity contribution in [2.75, 3.05) is 5.32 Å². The summed E-state index contributed by atoms with van der Waals surface area (Å²) < 4.78 is 13.4. The summed E-state index contributed by atoms with van der Waals surface area (Å²) in [6, 6.07) is 11.3. The lowest BCUT2D eigenvalue weighted by atomic mass is 9.89. The molecule has 3 aromatic rings. The molecule has 1 aliphatic rings. The van der Waals surface area contributed by atoms with Crippen molar-refractivity contribution in [1.82, 2.24) is 15.3 Å². The SMILES string of the molecule is C[C@@H](NC(=O)[C@H]1CC(=O)Nc2cc(F)ccc21)c1nc2ccccc2[nH]1. The first-order valence-corrected chi connectivity index (χ1v) is 8.35. The third-order valence-corrected chi connectivity index (χ3v) is 4.55. The lowest BCUT2D eigenvalue weighted by molar-refractivity contribution is -0.126.